The summed E-state index contributed by atoms with van der Waals surface area (Å²) in [4.78, 5) is 28.4. The van der Waals surface area contributed by atoms with Gasteiger partial charge in [-0.15, -0.1) is 0 Å². The van der Waals surface area contributed by atoms with Crippen LogP contribution in [0.25, 0.3) is 0 Å². The summed E-state index contributed by atoms with van der Waals surface area (Å²) in [5, 5.41) is 11.8. The van der Waals surface area contributed by atoms with Crippen LogP contribution in [0.4, 0.5) is 5.69 Å². The molecule has 1 unspecified atom stereocenters. The van der Waals surface area contributed by atoms with Gasteiger partial charge in [-0.2, -0.15) is 0 Å². The number of anilines is 1. The van der Waals surface area contributed by atoms with Gasteiger partial charge in [0.05, 0.1) is 5.92 Å². The van der Waals surface area contributed by atoms with E-state index in [1.165, 1.54) is 18.5 Å². The number of carbonyl (C=O) groups excluding carboxylic acids is 2. The zero-order valence-corrected chi connectivity index (χ0v) is 16.5. The Morgan fingerprint density at radius 1 is 0.929 bits per heavy atom. The third kappa shape index (κ3) is 4.23. The summed E-state index contributed by atoms with van der Waals surface area (Å²) in [6, 6.07) is 8.98. The summed E-state index contributed by atoms with van der Waals surface area (Å²) in [5.74, 6) is -0.0350. The topological polar surface area (TPSA) is 72.9 Å². The Labute approximate surface area is 166 Å². The van der Waals surface area contributed by atoms with Gasteiger partial charge in [0.2, 0.25) is 11.8 Å². The number of aliphatic hydroxyl groups excluding tert-OH is 1. The number of amides is 2. The molecule has 152 valence electrons. The summed E-state index contributed by atoms with van der Waals surface area (Å²) >= 11 is 0. The van der Waals surface area contributed by atoms with Crippen molar-refractivity contribution in [3.05, 3.63) is 29.8 Å². The Hall–Kier alpha value is -1.92. The van der Waals surface area contributed by atoms with Crippen molar-refractivity contribution in [3.63, 3.8) is 0 Å². The third-order valence-electron chi connectivity index (χ3n) is 6.80. The molecule has 1 aliphatic carbocycles. The van der Waals surface area contributed by atoms with Crippen LogP contribution in [-0.2, 0) is 9.59 Å². The second-order valence-corrected chi connectivity index (χ2v) is 8.48. The van der Waals surface area contributed by atoms with Gasteiger partial charge in [0.25, 0.3) is 0 Å². The molecule has 0 bridgehead atoms. The van der Waals surface area contributed by atoms with Gasteiger partial charge in [-0.3, -0.25) is 19.8 Å². The molecule has 3 fully saturated rings. The van der Waals surface area contributed by atoms with Gasteiger partial charge in [-0.25, -0.2) is 0 Å². The van der Waals surface area contributed by atoms with Gasteiger partial charge in [0.1, 0.15) is 0 Å². The summed E-state index contributed by atoms with van der Waals surface area (Å²) in [6.45, 7) is 4.57. The zero-order chi connectivity index (χ0) is 19.5. The second kappa shape index (κ2) is 8.62. The Morgan fingerprint density at radius 2 is 1.61 bits per heavy atom. The Balaban J connectivity index is 1.30. The van der Waals surface area contributed by atoms with E-state index in [1.807, 2.05) is 12.1 Å². The lowest BCUT2D eigenvalue weighted by Gasteiger charge is -2.42. The molecule has 1 aromatic carbocycles. The van der Waals surface area contributed by atoms with E-state index in [2.05, 4.69) is 27.2 Å². The van der Waals surface area contributed by atoms with Crippen molar-refractivity contribution >= 4 is 17.5 Å². The molecule has 0 radical (unpaired) electrons. The molecule has 28 heavy (non-hydrogen) atoms. The SMILES string of the molecule is O=C1CCC(c2ccc(N3CCN(C4CCC(CO)CC4)CC3)cc2)C(=O)N1. The van der Waals surface area contributed by atoms with Gasteiger partial charge < -0.3 is 10.0 Å². The van der Waals surface area contributed by atoms with E-state index in [1.54, 1.807) is 0 Å². The highest BCUT2D eigenvalue weighted by atomic mass is 16.3. The lowest BCUT2D eigenvalue weighted by atomic mass is 9.85. The van der Waals surface area contributed by atoms with E-state index >= 15 is 0 Å². The molecular weight excluding hydrogens is 354 g/mol. The van der Waals surface area contributed by atoms with Crippen LogP contribution in [0.3, 0.4) is 0 Å². The van der Waals surface area contributed by atoms with Crippen molar-refractivity contribution in [3.8, 4) is 0 Å². The molecule has 4 rings (SSSR count). The number of piperazine rings is 1. The Morgan fingerprint density at radius 3 is 2.21 bits per heavy atom. The molecule has 1 saturated carbocycles. The average Bonchev–Trinajstić information content (AvgIpc) is 2.74. The van der Waals surface area contributed by atoms with Crippen LogP contribution < -0.4 is 10.2 Å². The number of hydrogen-bond acceptors (Lipinski definition) is 5. The fraction of sp³-hybridized carbons (Fsp3) is 0.636. The van der Waals surface area contributed by atoms with E-state index in [-0.39, 0.29) is 17.7 Å². The molecule has 2 aliphatic heterocycles. The molecule has 6 heteroatoms. The predicted molar refractivity (Wildman–Crippen MR) is 108 cm³/mol. The molecule has 3 aliphatic rings. The average molecular weight is 386 g/mol. The molecular formula is C22H31N3O3. The third-order valence-corrected chi connectivity index (χ3v) is 6.80. The van der Waals surface area contributed by atoms with Crippen LogP contribution in [0.15, 0.2) is 24.3 Å². The molecule has 1 atom stereocenters. The molecule has 2 heterocycles. The zero-order valence-electron chi connectivity index (χ0n) is 16.5. The summed E-state index contributed by atoms with van der Waals surface area (Å²) in [6.07, 6.45) is 5.76. The minimum absolute atomic E-state index is 0.166. The van der Waals surface area contributed by atoms with Gasteiger partial charge in [0.15, 0.2) is 0 Å². The largest absolute Gasteiger partial charge is 0.396 e. The first-order chi connectivity index (χ1) is 13.6. The van der Waals surface area contributed by atoms with E-state index in [9.17, 15) is 14.7 Å². The standard InChI is InChI=1S/C22H31N3O3/c26-15-16-1-5-18(6-2-16)24-11-13-25(14-12-24)19-7-3-17(4-8-19)20-9-10-21(27)23-22(20)28/h3-4,7-8,16,18,20,26H,1-2,5-6,9-15H2,(H,23,27,28). The van der Waals surface area contributed by atoms with Crippen molar-refractivity contribution in [1.82, 2.24) is 10.2 Å². The number of carbonyl (C=O) groups is 2. The number of hydrogen-bond donors (Lipinski definition) is 2. The second-order valence-electron chi connectivity index (χ2n) is 8.48. The molecule has 0 aromatic heterocycles. The number of imide groups is 1. The first-order valence-electron chi connectivity index (χ1n) is 10.7. The van der Waals surface area contributed by atoms with Crippen molar-refractivity contribution in [1.29, 1.82) is 0 Å². The van der Waals surface area contributed by atoms with E-state index in [4.69, 9.17) is 0 Å². The normalized spacial score (nSPS) is 29.6. The highest BCUT2D eigenvalue weighted by molar-refractivity contribution is 6.00. The lowest BCUT2D eigenvalue weighted by molar-refractivity contribution is -0.134. The van der Waals surface area contributed by atoms with E-state index < -0.39 is 0 Å². The highest BCUT2D eigenvalue weighted by Gasteiger charge is 2.29. The van der Waals surface area contributed by atoms with Gasteiger partial charge in [-0.05, 0) is 55.7 Å². The molecule has 0 spiro atoms. The fourth-order valence-electron chi connectivity index (χ4n) is 4.97. The van der Waals surface area contributed by atoms with E-state index in [0.29, 0.717) is 31.4 Å². The molecule has 2 saturated heterocycles. The minimum atomic E-state index is -0.211. The van der Waals surface area contributed by atoms with Crippen molar-refractivity contribution < 1.29 is 14.7 Å². The van der Waals surface area contributed by atoms with Crippen LogP contribution in [0.2, 0.25) is 0 Å². The maximum atomic E-state index is 12.1. The van der Waals surface area contributed by atoms with Crippen LogP contribution in [-0.4, -0.2) is 60.6 Å². The summed E-state index contributed by atoms with van der Waals surface area (Å²) in [5.41, 5.74) is 2.20. The van der Waals surface area contributed by atoms with Crippen LogP contribution >= 0.6 is 0 Å². The minimum Gasteiger partial charge on any atom is -0.396 e. The van der Waals surface area contributed by atoms with Crippen LogP contribution in [0, 0.1) is 5.92 Å². The predicted octanol–water partition coefficient (Wildman–Crippen LogP) is 1.88. The number of aliphatic hydroxyl groups is 1. The molecule has 2 amide bonds. The Bertz CT molecular complexity index is 689. The lowest BCUT2D eigenvalue weighted by Crippen LogP contribution is -2.51. The monoisotopic (exact) mass is 385 g/mol. The van der Waals surface area contributed by atoms with Crippen molar-refractivity contribution in [2.45, 2.75) is 50.5 Å². The molecule has 1 aromatic rings. The highest BCUT2D eigenvalue weighted by Crippen LogP contribution is 2.30. The first-order valence-corrected chi connectivity index (χ1v) is 10.7. The number of piperidine rings is 1. The van der Waals surface area contributed by atoms with Crippen LogP contribution in [0.5, 0.6) is 0 Å². The van der Waals surface area contributed by atoms with Crippen LogP contribution in [0.1, 0.15) is 50.0 Å². The number of nitrogens with one attached hydrogen (secondary N) is 1. The van der Waals surface area contributed by atoms with Gasteiger partial charge >= 0.3 is 0 Å². The number of rotatable bonds is 4. The Kier molecular flexibility index (Phi) is 5.97. The van der Waals surface area contributed by atoms with E-state index in [0.717, 1.165) is 44.6 Å². The van der Waals surface area contributed by atoms with Gasteiger partial charge in [0, 0.05) is 50.9 Å². The van der Waals surface area contributed by atoms with Crippen molar-refractivity contribution in [2.75, 3.05) is 37.7 Å². The maximum Gasteiger partial charge on any atom is 0.234 e. The quantitative estimate of drug-likeness (QED) is 0.775. The summed E-state index contributed by atoms with van der Waals surface area (Å²) in [7, 11) is 0. The fourth-order valence-corrected chi connectivity index (χ4v) is 4.97. The molecule has 2 N–H and O–H groups in total. The van der Waals surface area contributed by atoms with Gasteiger partial charge in [-0.1, -0.05) is 12.1 Å². The first kappa shape index (κ1) is 19.4. The maximum absolute atomic E-state index is 12.1. The number of nitrogens with zero attached hydrogens (tertiary/aromatic N) is 2. The molecule has 6 nitrogen and oxygen atoms in total. The number of benzene rings is 1. The smallest absolute Gasteiger partial charge is 0.234 e. The summed E-state index contributed by atoms with van der Waals surface area (Å²) < 4.78 is 0. The van der Waals surface area contributed by atoms with Crippen molar-refractivity contribution in [2.24, 2.45) is 5.92 Å².